The Morgan fingerprint density at radius 1 is 1.10 bits per heavy atom. The molecule has 31 heavy (non-hydrogen) atoms. The van der Waals surface area contributed by atoms with Crippen molar-refractivity contribution in [1.82, 2.24) is 30.0 Å². The number of amides is 1. The molecule has 8 nitrogen and oxygen atoms in total. The van der Waals surface area contributed by atoms with Crippen LogP contribution in [0, 0.1) is 19.7 Å². The van der Waals surface area contributed by atoms with E-state index in [9.17, 15) is 9.18 Å². The molecule has 1 N–H and O–H groups in total. The maximum absolute atomic E-state index is 14.5. The summed E-state index contributed by atoms with van der Waals surface area (Å²) in [6.07, 6.45) is 2.59. The number of fused-ring (bicyclic) bond motifs is 1. The van der Waals surface area contributed by atoms with Gasteiger partial charge in [-0.1, -0.05) is 18.2 Å². The fourth-order valence-corrected chi connectivity index (χ4v) is 4.01. The second-order valence-electron chi connectivity index (χ2n) is 7.58. The Morgan fingerprint density at radius 3 is 2.71 bits per heavy atom. The molecule has 0 fully saturated rings. The lowest BCUT2D eigenvalue weighted by molar-refractivity contribution is 0.102. The van der Waals surface area contributed by atoms with E-state index >= 15 is 0 Å². The smallest absolute Gasteiger partial charge is 0.276 e. The average molecular weight is 417 g/mol. The molecule has 9 heteroatoms. The molecule has 0 saturated heterocycles. The zero-order chi connectivity index (χ0) is 21.5. The fraction of sp³-hybridized carbons (Fsp3) is 0.227. The average Bonchev–Trinajstić information content (AvgIpc) is 3.47. The Labute approximate surface area is 177 Å². The van der Waals surface area contributed by atoms with Crippen molar-refractivity contribution in [3.8, 4) is 11.4 Å². The van der Waals surface area contributed by atoms with Crippen LogP contribution in [-0.2, 0) is 12.8 Å². The summed E-state index contributed by atoms with van der Waals surface area (Å²) in [7, 11) is 0. The fourth-order valence-electron chi connectivity index (χ4n) is 4.01. The number of aromatic nitrogens is 6. The molecule has 0 saturated carbocycles. The number of carbonyl (C=O) groups excluding carboxylic acids is 1. The lowest BCUT2D eigenvalue weighted by Gasteiger charge is -2.09. The number of hydrogen-bond donors (Lipinski definition) is 1. The van der Waals surface area contributed by atoms with E-state index < -0.39 is 11.7 Å². The van der Waals surface area contributed by atoms with Crippen LogP contribution in [0.25, 0.3) is 11.4 Å². The van der Waals surface area contributed by atoms with Crippen LogP contribution in [0.5, 0.6) is 0 Å². The Hall–Kier alpha value is -3.88. The number of rotatable bonds is 4. The molecule has 1 aliphatic rings. The summed E-state index contributed by atoms with van der Waals surface area (Å²) in [6, 6.07) is 12.3. The molecule has 2 aromatic carbocycles. The van der Waals surface area contributed by atoms with Crippen molar-refractivity contribution in [1.29, 1.82) is 0 Å². The molecule has 156 valence electrons. The van der Waals surface area contributed by atoms with Crippen molar-refractivity contribution in [3.05, 3.63) is 76.6 Å². The second kappa shape index (κ2) is 7.42. The van der Waals surface area contributed by atoms with Gasteiger partial charge in [-0.2, -0.15) is 9.78 Å². The first-order valence-electron chi connectivity index (χ1n) is 10.1. The highest BCUT2D eigenvalue weighted by atomic mass is 19.1. The van der Waals surface area contributed by atoms with E-state index in [1.165, 1.54) is 16.8 Å². The first kappa shape index (κ1) is 19.1. The van der Waals surface area contributed by atoms with Gasteiger partial charge < -0.3 is 5.32 Å². The molecular weight excluding hydrogens is 397 g/mol. The van der Waals surface area contributed by atoms with Gasteiger partial charge in [0.1, 0.15) is 5.82 Å². The minimum atomic E-state index is -0.544. The van der Waals surface area contributed by atoms with Gasteiger partial charge >= 0.3 is 0 Å². The third-order valence-corrected chi connectivity index (χ3v) is 5.56. The van der Waals surface area contributed by atoms with Crippen molar-refractivity contribution >= 4 is 11.6 Å². The summed E-state index contributed by atoms with van der Waals surface area (Å²) >= 11 is 0. The van der Waals surface area contributed by atoms with Crippen molar-refractivity contribution in [2.75, 3.05) is 5.32 Å². The number of nitrogens with one attached hydrogen (secondary N) is 1. The Bertz CT molecular complexity index is 1310. The summed E-state index contributed by atoms with van der Waals surface area (Å²) in [4.78, 5) is 13.1. The summed E-state index contributed by atoms with van der Waals surface area (Å²) in [5, 5.41) is 18.6. The first-order chi connectivity index (χ1) is 15.0. The molecule has 0 spiro atoms. The van der Waals surface area contributed by atoms with E-state index in [2.05, 4.69) is 25.9 Å². The molecule has 5 rings (SSSR count). The maximum Gasteiger partial charge on any atom is 0.276 e. The molecule has 0 bridgehead atoms. The van der Waals surface area contributed by atoms with E-state index in [1.54, 1.807) is 13.0 Å². The predicted octanol–water partition coefficient (Wildman–Crippen LogP) is 3.34. The number of hydrogen-bond acceptors (Lipinski definition) is 5. The van der Waals surface area contributed by atoms with Crippen LogP contribution >= 0.6 is 0 Å². The van der Waals surface area contributed by atoms with Crippen LogP contribution < -0.4 is 5.32 Å². The molecule has 0 atom stereocenters. The van der Waals surface area contributed by atoms with Gasteiger partial charge in [-0.15, -0.1) is 5.10 Å². The lowest BCUT2D eigenvalue weighted by atomic mass is 10.1. The van der Waals surface area contributed by atoms with Gasteiger partial charge in [0, 0.05) is 11.3 Å². The molecule has 4 aromatic rings. The largest absolute Gasteiger partial charge is 0.318 e. The number of benzene rings is 2. The quantitative estimate of drug-likeness (QED) is 0.550. The van der Waals surface area contributed by atoms with Crippen LogP contribution in [0.15, 0.2) is 42.5 Å². The maximum atomic E-state index is 14.5. The zero-order valence-corrected chi connectivity index (χ0v) is 17.1. The molecule has 0 unspecified atom stereocenters. The van der Waals surface area contributed by atoms with Gasteiger partial charge in [0.25, 0.3) is 5.91 Å². The standard InChI is InChI=1S/C22H20FN7O/c1-13-6-3-4-8-19(13)30-20-9-5-7-16(20)21(26-30)22(31)24-18-12-15(10-11-17(18)23)29-14(2)25-27-28-29/h3-4,6,8,10-12H,5,7,9H2,1-2H3,(H,24,31). The van der Waals surface area contributed by atoms with Crippen LogP contribution in [0.2, 0.25) is 0 Å². The lowest BCUT2D eigenvalue weighted by Crippen LogP contribution is -2.16. The van der Waals surface area contributed by atoms with Crippen molar-refractivity contribution in [2.24, 2.45) is 0 Å². The van der Waals surface area contributed by atoms with E-state index in [0.29, 0.717) is 17.2 Å². The molecule has 0 radical (unpaired) electrons. The van der Waals surface area contributed by atoms with Gasteiger partial charge in [-0.05, 0) is 73.4 Å². The van der Waals surface area contributed by atoms with Crippen molar-refractivity contribution < 1.29 is 9.18 Å². The van der Waals surface area contributed by atoms with Crippen LogP contribution in [-0.4, -0.2) is 35.9 Å². The molecule has 1 aliphatic carbocycles. The number of nitrogens with zero attached hydrogens (tertiary/aromatic N) is 6. The Morgan fingerprint density at radius 2 is 1.94 bits per heavy atom. The number of para-hydroxylation sites is 1. The minimum Gasteiger partial charge on any atom is -0.318 e. The summed E-state index contributed by atoms with van der Waals surface area (Å²) < 4.78 is 17.8. The summed E-state index contributed by atoms with van der Waals surface area (Å²) in [5.74, 6) is -0.425. The van der Waals surface area contributed by atoms with E-state index in [1.807, 2.05) is 35.9 Å². The number of halogens is 1. The normalized spacial score (nSPS) is 12.7. The van der Waals surface area contributed by atoms with Crippen molar-refractivity contribution in [2.45, 2.75) is 33.1 Å². The van der Waals surface area contributed by atoms with Crippen molar-refractivity contribution in [3.63, 3.8) is 0 Å². The second-order valence-corrected chi connectivity index (χ2v) is 7.58. The van der Waals surface area contributed by atoms with Gasteiger partial charge in [0.05, 0.1) is 17.1 Å². The summed E-state index contributed by atoms with van der Waals surface area (Å²) in [5.41, 5.74) is 4.92. The predicted molar refractivity (Wildman–Crippen MR) is 112 cm³/mol. The molecule has 2 heterocycles. The molecular formula is C22H20FN7O. The van der Waals surface area contributed by atoms with Crippen LogP contribution in [0.4, 0.5) is 10.1 Å². The molecule has 1 amide bonds. The van der Waals surface area contributed by atoms with E-state index in [4.69, 9.17) is 0 Å². The number of aryl methyl sites for hydroxylation is 2. The number of tetrazole rings is 1. The minimum absolute atomic E-state index is 0.0505. The van der Waals surface area contributed by atoms with Crippen LogP contribution in [0.1, 0.15) is 39.6 Å². The van der Waals surface area contributed by atoms with Gasteiger partial charge in [0.2, 0.25) is 0 Å². The third-order valence-electron chi connectivity index (χ3n) is 5.56. The monoisotopic (exact) mass is 417 g/mol. The molecule has 0 aliphatic heterocycles. The third kappa shape index (κ3) is 3.27. The number of carbonyl (C=O) groups is 1. The SMILES string of the molecule is Cc1ccccc1-n1nc(C(=O)Nc2cc(-n3nnnc3C)ccc2F)c2c1CCC2. The van der Waals surface area contributed by atoms with Crippen LogP contribution in [0.3, 0.4) is 0 Å². The van der Waals surface area contributed by atoms with Gasteiger partial charge in [-0.25, -0.2) is 9.07 Å². The Balaban J connectivity index is 1.51. The first-order valence-corrected chi connectivity index (χ1v) is 10.1. The highest BCUT2D eigenvalue weighted by molar-refractivity contribution is 6.04. The van der Waals surface area contributed by atoms with Gasteiger partial charge in [-0.3, -0.25) is 4.79 Å². The topological polar surface area (TPSA) is 90.5 Å². The van der Waals surface area contributed by atoms with E-state index in [0.717, 1.165) is 41.8 Å². The number of anilines is 1. The van der Waals surface area contributed by atoms with Gasteiger partial charge in [0.15, 0.2) is 11.5 Å². The molecule has 2 aromatic heterocycles. The zero-order valence-electron chi connectivity index (χ0n) is 17.1. The Kier molecular flexibility index (Phi) is 4.58. The summed E-state index contributed by atoms with van der Waals surface area (Å²) in [6.45, 7) is 3.75. The van der Waals surface area contributed by atoms with E-state index in [-0.39, 0.29) is 5.69 Å². The highest BCUT2D eigenvalue weighted by Gasteiger charge is 2.28. The highest BCUT2D eigenvalue weighted by Crippen LogP contribution is 2.29.